The number of aliphatic carboxylic acids is 1. The molecule has 0 fully saturated rings. The average Bonchev–Trinajstić information content (AvgIpc) is 3.48. The molecule has 9 heteroatoms. The van der Waals surface area contributed by atoms with Gasteiger partial charge in [-0.25, -0.2) is 4.68 Å². The van der Waals surface area contributed by atoms with E-state index in [1.54, 1.807) is 4.68 Å². The molecule has 0 spiro atoms. The van der Waals surface area contributed by atoms with Gasteiger partial charge in [0.2, 0.25) is 12.7 Å². The molecule has 3 aliphatic heterocycles. The zero-order valence-electron chi connectivity index (χ0n) is 22.7. The Morgan fingerprint density at radius 1 is 1.29 bits per heavy atom. The number of fused-ring (bicyclic) bond motifs is 1. The fourth-order valence-corrected chi connectivity index (χ4v) is 5.30. The van der Waals surface area contributed by atoms with E-state index in [0.29, 0.717) is 24.7 Å². The maximum atomic E-state index is 11.8. The van der Waals surface area contributed by atoms with E-state index in [0.717, 1.165) is 47.8 Å². The summed E-state index contributed by atoms with van der Waals surface area (Å²) >= 11 is 0. The summed E-state index contributed by atoms with van der Waals surface area (Å²) in [6, 6.07) is 6.11. The summed E-state index contributed by atoms with van der Waals surface area (Å²) in [6.07, 6.45) is 7.99. The smallest absolute Gasteiger partial charge is 0.303 e. The quantitative estimate of drug-likeness (QED) is 0.451. The van der Waals surface area contributed by atoms with Gasteiger partial charge in [-0.3, -0.25) is 4.79 Å². The predicted octanol–water partition coefficient (Wildman–Crippen LogP) is 4.14. The second-order valence-electron chi connectivity index (χ2n) is 11.3. The van der Waals surface area contributed by atoms with Crippen LogP contribution in [0.5, 0.6) is 17.4 Å². The Bertz CT molecular complexity index is 1260. The summed E-state index contributed by atoms with van der Waals surface area (Å²) in [5.41, 5.74) is 3.88. The van der Waals surface area contributed by atoms with E-state index in [4.69, 9.17) is 14.2 Å². The van der Waals surface area contributed by atoms with E-state index in [9.17, 15) is 9.90 Å². The van der Waals surface area contributed by atoms with Gasteiger partial charge in [-0.1, -0.05) is 39.0 Å². The lowest BCUT2D eigenvalue weighted by Crippen LogP contribution is -2.40. The van der Waals surface area contributed by atoms with Crippen molar-refractivity contribution in [1.29, 1.82) is 0 Å². The van der Waals surface area contributed by atoms with Crippen molar-refractivity contribution < 1.29 is 24.1 Å². The van der Waals surface area contributed by atoms with Crippen molar-refractivity contribution in [2.45, 2.75) is 70.3 Å². The number of benzene rings is 1. The zero-order chi connectivity index (χ0) is 26.9. The van der Waals surface area contributed by atoms with Crippen LogP contribution in [0.2, 0.25) is 0 Å². The monoisotopic (exact) mass is 522 g/mol. The van der Waals surface area contributed by atoms with Gasteiger partial charge in [-0.05, 0) is 41.9 Å². The van der Waals surface area contributed by atoms with Crippen LogP contribution in [0.25, 0.3) is 0 Å². The lowest BCUT2D eigenvalue weighted by molar-refractivity contribution is -0.137. The summed E-state index contributed by atoms with van der Waals surface area (Å²) in [5.74, 6) is 2.12. The molecule has 3 aliphatic rings. The van der Waals surface area contributed by atoms with Gasteiger partial charge in [0, 0.05) is 43.6 Å². The van der Waals surface area contributed by atoms with Crippen LogP contribution in [0.3, 0.4) is 0 Å². The van der Waals surface area contributed by atoms with Gasteiger partial charge in [0.05, 0.1) is 18.7 Å². The molecule has 38 heavy (non-hydrogen) atoms. The lowest BCUT2D eigenvalue weighted by Gasteiger charge is -2.29. The van der Waals surface area contributed by atoms with Crippen molar-refractivity contribution >= 4 is 5.97 Å². The number of dihydropyridines is 1. The van der Waals surface area contributed by atoms with E-state index in [1.165, 1.54) is 12.0 Å². The number of carbonyl (C=O) groups is 1. The Labute approximate surface area is 223 Å². The maximum absolute atomic E-state index is 11.8. The second kappa shape index (κ2) is 10.6. The van der Waals surface area contributed by atoms with Crippen LogP contribution in [-0.2, 0) is 23.7 Å². The van der Waals surface area contributed by atoms with Gasteiger partial charge < -0.3 is 30.0 Å². The number of rotatable bonds is 9. The van der Waals surface area contributed by atoms with Crippen molar-refractivity contribution in [2.24, 2.45) is 7.05 Å². The Balaban J connectivity index is 1.26. The molecule has 0 saturated heterocycles. The molecule has 2 atom stereocenters. The summed E-state index contributed by atoms with van der Waals surface area (Å²) < 4.78 is 19.2. The minimum atomic E-state index is -0.851. The molecule has 1 aromatic heterocycles. The van der Waals surface area contributed by atoms with Gasteiger partial charge >= 0.3 is 5.97 Å². The first kappa shape index (κ1) is 26.0. The van der Waals surface area contributed by atoms with Gasteiger partial charge in [0.1, 0.15) is 5.82 Å². The summed E-state index contributed by atoms with van der Waals surface area (Å²) in [7, 11) is 1.85. The molecule has 0 aliphatic carbocycles. The molecule has 0 bridgehead atoms. The highest BCUT2D eigenvalue weighted by Crippen LogP contribution is 2.44. The third kappa shape index (κ3) is 5.76. The Morgan fingerprint density at radius 3 is 2.92 bits per heavy atom. The highest BCUT2D eigenvalue weighted by Gasteiger charge is 2.29. The molecule has 0 radical (unpaired) electrons. The molecule has 9 nitrogen and oxygen atoms in total. The van der Waals surface area contributed by atoms with Crippen LogP contribution in [0.1, 0.15) is 69.2 Å². The van der Waals surface area contributed by atoms with Crippen LogP contribution in [0, 0.1) is 0 Å². The molecule has 2 aromatic rings. The maximum Gasteiger partial charge on any atom is 0.303 e. The number of carboxylic acids is 1. The standard InChI is InChI=1S/C29H38N4O5/c1-29(2,3)23-13-20(14-24-27(23)38-17-37-24)19(15-26(34)35)12-22-16-25(33(4)32-22)36-11-9-21-8-7-18-6-5-10-30-28(18)31-21/h7-8,13-14,16,19,21,30-31H,5-6,9-12,15,17H2,1-4H3,(H,34,35). The van der Waals surface area contributed by atoms with Crippen LogP contribution >= 0.6 is 0 Å². The number of ether oxygens (including phenoxy) is 3. The topological polar surface area (TPSA) is 107 Å². The number of aromatic nitrogens is 2. The highest BCUT2D eigenvalue weighted by molar-refractivity contribution is 5.68. The van der Waals surface area contributed by atoms with E-state index < -0.39 is 5.97 Å². The van der Waals surface area contributed by atoms with Gasteiger partial charge in [0.25, 0.3) is 0 Å². The predicted molar refractivity (Wildman–Crippen MR) is 144 cm³/mol. The van der Waals surface area contributed by atoms with Crippen LogP contribution in [0.15, 0.2) is 41.7 Å². The minimum absolute atomic E-state index is 0.0124. The summed E-state index contributed by atoms with van der Waals surface area (Å²) in [4.78, 5) is 11.8. The first-order chi connectivity index (χ1) is 18.2. The molecule has 0 amide bonds. The number of aryl methyl sites for hydroxylation is 1. The van der Waals surface area contributed by atoms with Crippen LogP contribution < -0.4 is 24.8 Å². The first-order valence-corrected chi connectivity index (χ1v) is 13.4. The van der Waals surface area contributed by atoms with E-state index in [2.05, 4.69) is 54.7 Å². The number of nitrogens with zero attached hydrogens (tertiary/aromatic N) is 2. The largest absolute Gasteiger partial charge is 0.481 e. The molecule has 3 N–H and O–H groups in total. The van der Waals surface area contributed by atoms with Crippen LogP contribution in [-0.4, -0.2) is 46.8 Å². The number of carboxylic acid groups (broad SMARTS) is 1. The number of hydrogen-bond acceptors (Lipinski definition) is 7. The SMILES string of the molecule is Cn1nc(CC(CC(=O)O)c2cc3c(c(C(C)(C)C)c2)OCO3)cc1OCCC1C=CC2=C(NCCC2)N1. The van der Waals surface area contributed by atoms with Crippen LogP contribution in [0.4, 0.5) is 0 Å². The fraction of sp³-hybridized carbons (Fsp3) is 0.517. The molecule has 0 saturated carbocycles. The first-order valence-electron chi connectivity index (χ1n) is 13.4. The molecular weight excluding hydrogens is 484 g/mol. The van der Waals surface area contributed by atoms with Gasteiger partial charge in [0.15, 0.2) is 11.5 Å². The van der Waals surface area contributed by atoms with Crippen molar-refractivity contribution in [3.63, 3.8) is 0 Å². The van der Waals surface area contributed by atoms with Crippen molar-refractivity contribution in [1.82, 2.24) is 20.4 Å². The Kier molecular flexibility index (Phi) is 7.27. The van der Waals surface area contributed by atoms with Crippen molar-refractivity contribution in [3.05, 3.63) is 58.6 Å². The third-order valence-electron chi connectivity index (χ3n) is 7.32. The summed E-state index contributed by atoms with van der Waals surface area (Å²) in [6.45, 7) is 8.06. The Morgan fingerprint density at radius 2 is 2.13 bits per heavy atom. The number of allylic oxidation sites excluding steroid dienone is 2. The normalized spacial score (nSPS) is 19.0. The molecular formula is C29H38N4O5. The highest BCUT2D eigenvalue weighted by atomic mass is 16.7. The lowest BCUT2D eigenvalue weighted by atomic mass is 9.82. The third-order valence-corrected chi connectivity index (χ3v) is 7.32. The van der Waals surface area contributed by atoms with Gasteiger partial charge in [-0.2, -0.15) is 5.10 Å². The zero-order valence-corrected chi connectivity index (χ0v) is 22.7. The number of nitrogens with one attached hydrogen (secondary N) is 2. The fourth-order valence-electron chi connectivity index (χ4n) is 5.30. The van der Waals surface area contributed by atoms with E-state index in [-0.39, 0.29) is 30.6 Å². The number of hydrogen-bond donors (Lipinski definition) is 3. The van der Waals surface area contributed by atoms with Crippen molar-refractivity contribution in [3.8, 4) is 17.4 Å². The Hall–Kier alpha value is -3.62. The van der Waals surface area contributed by atoms with E-state index in [1.807, 2.05) is 19.2 Å². The second-order valence-corrected chi connectivity index (χ2v) is 11.3. The molecule has 2 unspecified atom stereocenters. The van der Waals surface area contributed by atoms with E-state index >= 15 is 0 Å². The average molecular weight is 523 g/mol. The molecule has 5 rings (SSSR count). The molecule has 1 aromatic carbocycles. The van der Waals surface area contributed by atoms with Crippen molar-refractivity contribution in [2.75, 3.05) is 19.9 Å². The summed E-state index contributed by atoms with van der Waals surface area (Å²) in [5, 5.41) is 21.3. The minimum Gasteiger partial charge on any atom is -0.481 e. The molecule has 4 heterocycles. The molecule has 204 valence electrons. The van der Waals surface area contributed by atoms with Gasteiger partial charge in [-0.15, -0.1) is 0 Å².